The van der Waals surface area contributed by atoms with Gasteiger partial charge in [0.25, 0.3) is 0 Å². The summed E-state index contributed by atoms with van der Waals surface area (Å²) in [5.41, 5.74) is 12.0. The van der Waals surface area contributed by atoms with E-state index in [0.717, 1.165) is 38.8 Å². The number of nitrogens with zero attached hydrogens (tertiary/aromatic N) is 4. The van der Waals surface area contributed by atoms with Gasteiger partial charge in [0.2, 0.25) is 0 Å². The Balaban J connectivity index is 1.32. The standard InChI is InChI=1S/C42H24N4/c1-2-12-26(13-3-1)45-37-20-10-6-16-29(37)33-24-31(27-14-4-5-17-30(27)40(33)45)25-22-32-28-15-7-11-21-38(28)46-41(32)34(23-25)39-42(46)44-36-19-9-8-18-35(36)43-39/h1-24H. The third-order valence-corrected chi connectivity index (χ3v) is 9.79. The Morgan fingerprint density at radius 2 is 1.00 bits per heavy atom. The van der Waals surface area contributed by atoms with E-state index in [0.29, 0.717) is 0 Å². The van der Waals surface area contributed by atoms with Crippen molar-refractivity contribution in [2.45, 2.75) is 0 Å². The summed E-state index contributed by atoms with van der Waals surface area (Å²) in [7, 11) is 0. The van der Waals surface area contributed by atoms with Crippen molar-refractivity contribution in [2.75, 3.05) is 0 Å². The summed E-state index contributed by atoms with van der Waals surface area (Å²) in [5.74, 6) is 0. The van der Waals surface area contributed by atoms with Crippen LogP contribution in [0.3, 0.4) is 0 Å². The Morgan fingerprint density at radius 1 is 0.413 bits per heavy atom. The first-order valence-corrected chi connectivity index (χ1v) is 15.7. The largest absolute Gasteiger partial charge is 0.309 e. The van der Waals surface area contributed by atoms with Crippen LogP contribution < -0.4 is 0 Å². The molecule has 4 heteroatoms. The first-order valence-electron chi connectivity index (χ1n) is 15.7. The zero-order chi connectivity index (χ0) is 29.9. The van der Waals surface area contributed by atoms with Crippen molar-refractivity contribution >= 4 is 82.0 Å². The van der Waals surface area contributed by atoms with Gasteiger partial charge in [0, 0.05) is 38.0 Å². The molecule has 0 aliphatic carbocycles. The van der Waals surface area contributed by atoms with Crippen LogP contribution in [0.4, 0.5) is 0 Å². The Kier molecular flexibility index (Phi) is 4.55. The molecule has 0 bridgehead atoms. The highest BCUT2D eigenvalue weighted by atomic mass is 15.0. The lowest BCUT2D eigenvalue weighted by atomic mass is 9.93. The minimum Gasteiger partial charge on any atom is -0.309 e. The minimum absolute atomic E-state index is 0.906. The maximum absolute atomic E-state index is 5.21. The predicted molar refractivity (Wildman–Crippen MR) is 191 cm³/mol. The summed E-state index contributed by atoms with van der Waals surface area (Å²) in [6.45, 7) is 0. The maximum atomic E-state index is 5.21. The molecular weight excluding hydrogens is 560 g/mol. The van der Waals surface area contributed by atoms with Crippen molar-refractivity contribution in [3.8, 4) is 16.8 Å². The van der Waals surface area contributed by atoms with Crippen LogP contribution in [0.2, 0.25) is 0 Å². The van der Waals surface area contributed by atoms with Crippen molar-refractivity contribution in [1.82, 2.24) is 18.9 Å². The van der Waals surface area contributed by atoms with Gasteiger partial charge in [-0.25, -0.2) is 9.97 Å². The summed E-state index contributed by atoms with van der Waals surface area (Å²) >= 11 is 0. The van der Waals surface area contributed by atoms with E-state index in [9.17, 15) is 0 Å². The molecule has 46 heavy (non-hydrogen) atoms. The zero-order valence-corrected chi connectivity index (χ0v) is 24.6. The lowest BCUT2D eigenvalue weighted by Crippen LogP contribution is -1.94. The van der Waals surface area contributed by atoms with Gasteiger partial charge in [-0.15, -0.1) is 0 Å². The topological polar surface area (TPSA) is 35.1 Å². The number of para-hydroxylation sites is 5. The number of hydrogen-bond acceptors (Lipinski definition) is 2. The highest BCUT2D eigenvalue weighted by Gasteiger charge is 2.23. The molecule has 0 aliphatic heterocycles. The van der Waals surface area contributed by atoms with E-state index in [-0.39, 0.29) is 0 Å². The Hall–Kier alpha value is -6.26. The quantitative estimate of drug-likeness (QED) is 0.203. The number of fused-ring (bicyclic) bond motifs is 12. The van der Waals surface area contributed by atoms with Crippen LogP contribution >= 0.6 is 0 Å². The molecule has 0 saturated heterocycles. The molecule has 0 radical (unpaired) electrons. The first-order chi connectivity index (χ1) is 22.8. The molecule has 0 aliphatic rings. The smallest absolute Gasteiger partial charge is 0.165 e. The fraction of sp³-hybridized carbons (Fsp3) is 0. The summed E-state index contributed by atoms with van der Waals surface area (Å²) < 4.78 is 4.73. The van der Waals surface area contributed by atoms with Crippen molar-refractivity contribution in [3.05, 3.63) is 146 Å². The molecule has 4 aromatic heterocycles. The molecule has 11 rings (SSSR count). The van der Waals surface area contributed by atoms with Gasteiger partial charge in [0.1, 0.15) is 5.52 Å². The fourth-order valence-corrected chi connectivity index (χ4v) is 7.89. The third-order valence-electron chi connectivity index (χ3n) is 9.79. The van der Waals surface area contributed by atoms with Crippen LogP contribution in [0.25, 0.3) is 98.8 Å². The van der Waals surface area contributed by atoms with Crippen molar-refractivity contribution in [2.24, 2.45) is 0 Å². The average molecular weight is 585 g/mol. The van der Waals surface area contributed by atoms with Gasteiger partial charge in [-0.1, -0.05) is 91.0 Å². The number of hydrogen-bond donors (Lipinski definition) is 0. The second kappa shape index (κ2) is 8.68. The summed E-state index contributed by atoms with van der Waals surface area (Å²) in [6, 6.07) is 52.3. The molecule has 212 valence electrons. The molecule has 0 unspecified atom stereocenters. The predicted octanol–water partition coefficient (Wildman–Crippen LogP) is 10.7. The van der Waals surface area contributed by atoms with Crippen molar-refractivity contribution < 1.29 is 0 Å². The van der Waals surface area contributed by atoms with Crippen LogP contribution in [0.1, 0.15) is 0 Å². The SMILES string of the molecule is c1ccc(-n2c3ccccc3c3cc(-c4cc5c6ccccc6n6c7nc8ccccc8nc7c(c4)c56)c4ccccc4c32)cc1. The molecule has 4 nitrogen and oxygen atoms in total. The lowest BCUT2D eigenvalue weighted by molar-refractivity contribution is 1.19. The van der Waals surface area contributed by atoms with Crippen LogP contribution in [0, 0.1) is 0 Å². The second-order valence-electron chi connectivity index (χ2n) is 12.2. The highest BCUT2D eigenvalue weighted by Crippen LogP contribution is 2.45. The number of rotatable bonds is 2. The Labute approximate surface area is 262 Å². The van der Waals surface area contributed by atoms with Crippen molar-refractivity contribution in [3.63, 3.8) is 0 Å². The molecule has 7 aromatic carbocycles. The molecule has 4 heterocycles. The van der Waals surface area contributed by atoms with E-state index < -0.39 is 0 Å². The summed E-state index contributed by atoms with van der Waals surface area (Å²) in [5, 5.41) is 8.55. The lowest BCUT2D eigenvalue weighted by Gasteiger charge is -2.13. The van der Waals surface area contributed by atoms with Gasteiger partial charge < -0.3 is 4.57 Å². The van der Waals surface area contributed by atoms with Gasteiger partial charge in [0.05, 0.1) is 33.1 Å². The Bertz CT molecular complexity index is 3020. The van der Waals surface area contributed by atoms with Crippen LogP contribution in [0.15, 0.2) is 146 Å². The van der Waals surface area contributed by atoms with Gasteiger partial charge in [0.15, 0.2) is 5.65 Å². The molecule has 0 N–H and O–H groups in total. The molecule has 0 spiro atoms. The monoisotopic (exact) mass is 584 g/mol. The fourth-order valence-electron chi connectivity index (χ4n) is 7.89. The average Bonchev–Trinajstić information content (AvgIpc) is 3.75. The van der Waals surface area contributed by atoms with Crippen molar-refractivity contribution in [1.29, 1.82) is 0 Å². The van der Waals surface area contributed by atoms with E-state index in [1.54, 1.807) is 0 Å². The van der Waals surface area contributed by atoms with Gasteiger partial charge in [-0.2, -0.15) is 0 Å². The minimum atomic E-state index is 0.906. The van der Waals surface area contributed by atoms with Crippen LogP contribution in [-0.4, -0.2) is 18.9 Å². The van der Waals surface area contributed by atoms with E-state index in [2.05, 4.69) is 136 Å². The normalized spacial score (nSPS) is 12.3. The van der Waals surface area contributed by atoms with E-state index in [4.69, 9.17) is 9.97 Å². The molecular formula is C42H24N4. The Morgan fingerprint density at radius 3 is 1.80 bits per heavy atom. The third kappa shape index (κ3) is 3.03. The zero-order valence-electron chi connectivity index (χ0n) is 24.6. The van der Waals surface area contributed by atoms with E-state index in [1.165, 1.54) is 60.0 Å². The number of aromatic nitrogens is 4. The van der Waals surface area contributed by atoms with Gasteiger partial charge in [-0.05, 0) is 71.1 Å². The van der Waals surface area contributed by atoms with Gasteiger partial charge >= 0.3 is 0 Å². The molecule has 11 aromatic rings. The van der Waals surface area contributed by atoms with Crippen LogP contribution in [-0.2, 0) is 0 Å². The molecule has 0 atom stereocenters. The summed E-state index contributed by atoms with van der Waals surface area (Å²) in [4.78, 5) is 10.4. The first kappa shape index (κ1) is 24.1. The van der Waals surface area contributed by atoms with Gasteiger partial charge in [-0.3, -0.25) is 4.40 Å². The summed E-state index contributed by atoms with van der Waals surface area (Å²) in [6.07, 6.45) is 0. The highest BCUT2D eigenvalue weighted by molar-refractivity contribution is 6.26. The van der Waals surface area contributed by atoms with E-state index in [1.807, 2.05) is 18.2 Å². The second-order valence-corrected chi connectivity index (χ2v) is 12.2. The number of benzene rings is 7. The molecule has 0 fully saturated rings. The van der Waals surface area contributed by atoms with Crippen LogP contribution in [0.5, 0.6) is 0 Å². The maximum Gasteiger partial charge on any atom is 0.165 e. The molecule has 0 amide bonds. The van der Waals surface area contributed by atoms with E-state index >= 15 is 0 Å². The molecule has 0 saturated carbocycles.